The Morgan fingerprint density at radius 2 is 1.14 bits per heavy atom. The maximum atomic E-state index is 11.8. The second kappa shape index (κ2) is 12.8. The van der Waals surface area contributed by atoms with E-state index in [1.165, 1.54) is 9.79 Å². The first-order valence-electron chi connectivity index (χ1n) is 9.02. The lowest BCUT2D eigenvalue weighted by Gasteiger charge is -2.01. The predicted octanol–water partition coefficient (Wildman–Crippen LogP) is 3.90. The Labute approximate surface area is 179 Å². The van der Waals surface area contributed by atoms with Gasteiger partial charge in [0.05, 0.1) is 12.4 Å². The van der Waals surface area contributed by atoms with E-state index >= 15 is 0 Å². The first-order chi connectivity index (χ1) is 14.1. The molecule has 2 aromatic rings. The maximum Gasteiger partial charge on any atom is 0.240 e. The van der Waals surface area contributed by atoms with E-state index in [4.69, 9.17) is 0 Å². The molecule has 6 nitrogen and oxygen atoms in total. The summed E-state index contributed by atoms with van der Waals surface area (Å²) in [4.78, 5) is 25.9. The molecule has 0 saturated carbocycles. The molecule has 2 amide bonds. The molecule has 0 bridgehead atoms. The first-order valence-corrected chi connectivity index (χ1v) is 11.5. The molecular weight excluding hydrogens is 404 g/mol. The topological polar surface area (TPSA) is 82.9 Å². The maximum absolute atomic E-state index is 11.8. The highest BCUT2D eigenvalue weighted by Gasteiger charge is 2.04. The van der Waals surface area contributed by atoms with Crippen LogP contribution in [0.2, 0.25) is 0 Å². The highest BCUT2D eigenvalue weighted by molar-refractivity contribution is 7.98. The van der Waals surface area contributed by atoms with E-state index in [1.807, 2.05) is 61.0 Å². The van der Waals surface area contributed by atoms with Crippen LogP contribution in [0.5, 0.6) is 0 Å². The third-order valence-electron chi connectivity index (χ3n) is 3.85. The Kier molecular flexibility index (Phi) is 10.0. The second-order valence-corrected chi connectivity index (χ2v) is 7.75. The van der Waals surface area contributed by atoms with Crippen molar-refractivity contribution in [3.8, 4) is 0 Å². The van der Waals surface area contributed by atoms with Gasteiger partial charge in [0.25, 0.3) is 0 Å². The number of rotatable bonds is 10. The zero-order valence-corrected chi connectivity index (χ0v) is 18.1. The molecule has 2 N–H and O–H groups in total. The number of amides is 2. The Morgan fingerprint density at radius 3 is 1.48 bits per heavy atom. The van der Waals surface area contributed by atoms with E-state index in [-0.39, 0.29) is 24.7 Å². The summed E-state index contributed by atoms with van der Waals surface area (Å²) >= 11 is 3.33. The van der Waals surface area contributed by atoms with E-state index < -0.39 is 0 Å². The molecule has 29 heavy (non-hydrogen) atoms. The van der Waals surface area contributed by atoms with Gasteiger partial charge in [-0.2, -0.15) is 10.2 Å². The summed E-state index contributed by atoms with van der Waals surface area (Å²) in [5, 5.41) is 7.87. The van der Waals surface area contributed by atoms with Gasteiger partial charge in [-0.1, -0.05) is 24.3 Å². The van der Waals surface area contributed by atoms with Gasteiger partial charge in [-0.3, -0.25) is 9.59 Å². The van der Waals surface area contributed by atoms with Crippen molar-refractivity contribution in [2.24, 2.45) is 10.2 Å². The number of nitrogens with one attached hydrogen (secondary N) is 2. The Hall–Kier alpha value is -2.58. The number of carbonyl (C=O) groups excluding carboxylic acids is 2. The molecule has 0 radical (unpaired) electrons. The summed E-state index contributed by atoms with van der Waals surface area (Å²) in [6, 6.07) is 15.7. The van der Waals surface area contributed by atoms with E-state index in [1.54, 1.807) is 36.0 Å². The van der Waals surface area contributed by atoms with Gasteiger partial charge >= 0.3 is 0 Å². The summed E-state index contributed by atoms with van der Waals surface area (Å²) in [5.41, 5.74) is 6.75. The third-order valence-corrected chi connectivity index (χ3v) is 5.33. The normalized spacial score (nSPS) is 11.1. The lowest BCUT2D eigenvalue weighted by Crippen LogP contribution is -2.20. The van der Waals surface area contributed by atoms with Gasteiger partial charge in [-0.15, -0.1) is 23.5 Å². The predicted molar refractivity (Wildman–Crippen MR) is 122 cm³/mol. The summed E-state index contributed by atoms with van der Waals surface area (Å²) in [5.74, 6) is -0.459. The number of hydrogen-bond donors (Lipinski definition) is 2. The number of thioether (sulfide) groups is 2. The van der Waals surface area contributed by atoms with Crippen LogP contribution >= 0.6 is 23.5 Å². The molecule has 2 aromatic carbocycles. The lowest BCUT2D eigenvalue weighted by atomic mass is 10.2. The first kappa shape index (κ1) is 22.7. The SMILES string of the molecule is CSc1ccc(/C=N/NC(=O)CCCC(=O)N/N=C/c2ccc(SC)cc2)cc1. The van der Waals surface area contributed by atoms with Crippen molar-refractivity contribution in [1.82, 2.24) is 10.9 Å². The molecule has 0 aliphatic rings. The van der Waals surface area contributed by atoms with Crippen molar-refractivity contribution in [1.29, 1.82) is 0 Å². The van der Waals surface area contributed by atoms with Gasteiger partial charge in [0.1, 0.15) is 0 Å². The molecule has 8 heteroatoms. The molecule has 0 aliphatic carbocycles. The standard InChI is InChI=1S/C21H24N4O2S2/c1-28-18-10-6-16(7-11-18)14-22-24-20(26)4-3-5-21(27)25-23-15-17-8-12-19(29-2)13-9-17/h6-15H,3-5H2,1-2H3,(H,24,26)(H,25,27)/b22-14+,23-15+. The Balaban J connectivity index is 1.62. The molecule has 0 unspecified atom stereocenters. The monoisotopic (exact) mass is 428 g/mol. The number of hydrogen-bond acceptors (Lipinski definition) is 6. The zero-order valence-electron chi connectivity index (χ0n) is 16.4. The van der Waals surface area contributed by atoms with Gasteiger partial charge in [0.15, 0.2) is 0 Å². The molecule has 0 aliphatic heterocycles. The van der Waals surface area contributed by atoms with Crippen LogP contribution in [-0.2, 0) is 9.59 Å². The van der Waals surface area contributed by atoms with Crippen LogP contribution in [0.1, 0.15) is 30.4 Å². The molecule has 0 saturated heterocycles. The minimum Gasteiger partial charge on any atom is -0.273 e. The third kappa shape index (κ3) is 8.97. The summed E-state index contributed by atoms with van der Waals surface area (Å²) in [6.45, 7) is 0. The van der Waals surface area contributed by atoms with Gasteiger partial charge in [-0.25, -0.2) is 10.9 Å². The van der Waals surface area contributed by atoms with E-state index in [0.717, 1.165) is 11.1 Å². The van der Waals surface area contributed by atoms with Crippen molar-refractivity contribution < 1.29 is 9.59 Å². The van der Waals surface area contributed by atoms with E-state index in [2.05, 4.69) is 21.1 Å². The number of benzene rings is 2. The Bertz CT molecular complexity index is 778. The highest BCUT2D eigenvalue weighted by atomic mass is 32.2. The lowest BCUT2D eigenvalue weighted by molar-refractivity contribution is -0.122. The summed E-state index contributed by atoms with van der Waals surface area (Å²) in [6.07, 6.45) is 8.07. The van der Waals surface area contributed by atoms with Crippen LogP contribution < -0.4 is 10.9 Å². The van der Waals surface area contributed by atoms with Crippen molar-refractivity contribution in [2.45, 2.75) is 29.1 Å². The zero-order chi connectivity index (χ0) is 20.9. The van der Waals surface area contributed by atoms with Crippen LogP contribution in [0, 0.1) is 0 Å². The number of hydrazone groups is 2. The van der Waals surface area contributed by atoms with Crippen LogP contribution in [0.4, 0.5) is 0 Å². The van der Waals surface area contributed by atoms with Crippen molar-refractivity contribution in [2.75, 3.05) is 12.5 Å². The molecule has 2 rings (SSSR count). The van der Waals surface area contributed by atoms with Crippen molar-refractivity contribution in [3.63, 3.8) is 0 Å². The fourth-order valence-electron chi connectivity index (χ4n) is 2.26. The number of nitrogens with zero attached hydrogens (tertiary/aromatic N) is 2. The quantitative estimate of drug-likeness (QED) is 0.342. The Morgan fingerprint density at radius 1 is 0.759 bits per heavy atom. The van der Waals surface area contributed by atoms with Crippen LogP contribution in [0.25, 0.3) is 0 Å². The largest absolute Gasteiger partial charge is 0.273 e. The fourth-order valence-corrected chi connectivity index (χ4v) is 3.08. The number of carbonyl (C=O) groups is 2. The molecule has 0 aromatic heterocycles. The summed E-state index contributed by atoms with van der Waals surface area (Å²) in [7, 11) is 0. The second-order valence-electron chi connectivity index (χ2n) is 5.99. The fraction of sp³-hybridized carbons (Fsp3) is 0.238. The van der Waals surface area contributed by atoms with Crippen LogP contribution in [0.15, 0.2) is 68.5 Å². The van der Waals surface area contributed by atoms with Crippen LogP contribution in [0.3, 0.4) is 0 Å². The van der Waals surface area contributed by atoms with Crippen molar-refractivity contribution in [3.05, 3.63) is 59.7 Å². The molecular formula is C21H24N4O2S2. The molecule has 152 valence electrons. The van der Waals surface area contributed by atoms with Crippen LogP contribution in [-0.4, -0.2) is 36.8 Å². The average molecular weight is 429 g/mol. The molecule has 0 spiro atoms. The highest BCUT2D eigenvalue weighted by Crippen LogP contribution is 2.14. The smallest absolute Gasteiger partial charge is 0.240 e. The van der Waals surface area contributed by atoms with Gasteiger partial charge in [-0.05, 0) is 54.3 Å². The van der Waals surface area contributed by atoms with Gasteiger partial charge in [0, 0.05) is 22.6 Å². The minimum absolute atomic E-state index is 0.218. The molecule has 0 heterocycles. The minimum atomic E-state index is -0.229. The molecule has 0 atom stereocenters. The van der Waals surface area contributed by atoms with Crippen molar-refractivity contribution >= 4 is 47.8 Å². The summed E-state index contributed by atoms with van der Waals surface area (Å²) < 4.78 is 0. The van der Waals surface area contributed by atoms with E-state index in [9.17, 15) is 9.59 Å². The average Bonchev–Trinajstić information content (AvgIpc) is 2.75. The molecule has 0 fully saturated rings. The van der Waals surface area contributed by atoms with Gasteiger partial charge in [0.2, 0.25) is 11.8 Å². The van der Waals surface area contributed by atoms with E-state index in [0.29, 0.717) is 6.42 Å². The van der Waals surface area contributed by atoms with Gasteiger partial charge < -0.3 is 0 Å².